The average Bonchev–Trinajstić information content (AvgIpc) is 2.34. The summed E-state index contributed by atoms with van der Waals surface area (Å²) in [5.74, 6) is -0.0909. The van der Waals surface area contributed by atoms with Gasteiger partial charge in [-0.3, -0.25) is 0 Å². The second-order valence-electron chi connectivity index (χ2n) is 4.94. The molecule has 0 radical (unpaired) electrons. The fourth-order valence-electron chi connectivity index (χ4n) is 2.02. The van der Waals surface area contributed by atoms with Crippen LogP contribution in [0.15, 0.2) is 12.1 Å². The van der Waals surface area contributed by atoms with E-state index in [1.807, 2.05) is 6.92 Å². The summed E-state index contributed by atoms with van der Waals surface area (Å²) in [4.78, 5) is 0. The molecule has 0 aliphatic heterocycles. The Hall–Kier alpha value is -0.960. The van der Waals surface area contributed by atoms with Gasteiger partial charge in [-0.05, 0) is 44.0 Å². The van der Waals surface area contributed by atoms with Crippen molar-refractivity contribution in [2.24, 2.45) is 5.92 Å². The number of nitrogens with one attached hydrogen (secondary N) is 1. The van der Waals surface area contributed by atoms with Gasteiger partial charge < -0.3 is 5.32 Å². The van der Waals surface area contributed by atoms with Crippen molar-refractivity contribution in [1.29, 1.82) is 0 Å². The van der Waals surface area contributed by atoms with Crippen LogP contribution in [0.25, 0.3) is 0 Å². The highest BCUT2D eigenvalue weighted by atomic mass is 19.1. The van der Waals surface area contributed by atoms with Gasteiger partial charge in [-0.15, -0.1) is 0 Å². The Labute approximate surface area is 109 Å². The molecule has 1 rings (SSSR count). The summed E-state index contributed by atoms with van der Waals surface area (Å²) in [6.45, 7) is 8.57. The first-order valence-corrected chi connectivity index (χ1v) is 6.68. The minimum absolute atomic E-state index is 0.166. The molecule has 0 aliphatic rings. The molecule has 0 fully saturated rings. The predicted molar refractivity (Wildman–Crippen MR) is 71.6 cm³/mol. The number of hydrogen-bond acceptors (Lipinski definition) is 1. The molecule has 0 saturated carbocycles. The zero-order chi connectivity index (χ0) is 13.7. The van der Waals surface area contributed by atoms with Crippen LogP contribution in [0.1, 0.15) is 50.8 Å². The fourth-order valence-corrected chi connectivity index (χ4v) is 2.02. The number of hydrogen-bond donors (Lipinski definition) is 1. The first-order valence-electron chi connectivity index (χ1n) is 6.68. The van der Waals surface area contributed by atoms with Crippen LogP contribution in [0, 0.1) is 24.5 Å². The van der Waals surface area contributed by atoms with E-state index >= 15 is 0 Å². The lowest BCUT2D eigenvalue weighted by Gasteiger charge is -2.19. The van der Waals surface area contributed by atoms with Crippen molar-refractivity contribution in [1.82, 2.24) is 5.32 Å². The van der Waals surface area contributed by atoms with Crippen molar-refractivity contribution in [2.75, 3.05) is 6.54 Å². The molecule has 0 bridgehead atoms. The summed E-state index contributed by atoms with van der Waals surface area (Å²) in [7, 11) is 0. The second kappa shape index (κ2) is 6.83. The first kappa shape index (κ1) is 15.1. The lowest BCUT2D eigenvalue weighted by molar-refractivity contribution is 0.415. The van der Waals surface area contributed by atoms with Gasteiger partial charge in [-0.2, -0.15) is 0 Å². The van der Waals surface area contributed by atoms with E-state index in [-0.39, 0.29) is 17.7 Å². The molecule has 0 aromatic heterocycles. The van der Waals surface area contributed by atoms with Gasteiger partial charge >= 0.3 is 0 Å². The number of rotatable bonds is 6. The van der Waals surface area contributed by atoms with Crippen molar-refractivity contribution < 1.29 is 8.78 Å². The van der Waals surface area contributed by atoms with Gasteiger partial charge in [0.25, 0.3) is 0 Å². The maximum atomic E-state index is 13.8. The van der Waals surface area contributed by atoms with Crippen LogP contribution in [-0.4, -0.2) is 6.54 Å². The highest BCUT2D eigenvalue weighted by Crippen LogP contribution is 2.21. The van der Waals surface area contributed by atoms with Crippen LogP contribution in [0.2, 0.25) is 0 Å². The summed E-state index contributed by atoms with van der Waals surface area (Å²) >= 11 is 0. The molecule has 0 amide bonds. The number of aryl methyl sites for hydroxylation is 1. The smallest absolute Gasteiger partial charge is 0.128 e. The largest absolute Gasteiger partial charge is 0.310 e. The normalized spacial score (nSPS) is 13.1. The molecule has 3 heteroatoms. The van der Waals surface area contributed by atoms with Crippen LogP contribution in [0.4, 0.5) is 8.78 Å². The molecule has 1 atom stereocenters. The van der Waals surface area contributed by atoms with Crippen molar-refractivity contribution >= 4 is 0 Å². The molecular weight excluding hydrogens is 232 g/mol. The van der Waals surface area contributed by atoms with E-state index in [9.17, 15) is 8.78 Å². The van der Waals surface area contributed by atoms with Crippen LogP contribution >= 0.6 is 0 Å². The third-order valence-electron chi connectivity index (χ3n) is 3.61. The molecule has 1 N–H and O–H groups in total. The van der Waals surface area contributed by atoms with E-state index in [2.05, 4.69) is 19.2 Å². The second-order valence-corrected chi connectivity index (χ2v) is 4.94. The molecule has 0 saturated heterocycles. The van der Waals surface area contributed by atoms with Crippen LogP contribution in [-0.2, 0) is 0 Å². The maximum Gasteiger partial charge on any atom is 0.128 e. The predicted octanol–water partition coefficient (Wildman–Crippen LogP) is 4.36. The monoisotopic (exact) mass is 255 g/mol. The Balaban J connectivity index is 2.72. The average molecular weight is 255 g/mol. The van der Waals surface area contributed by atoms with Gasteiger partial charge in [0.2, 0.25) is 0 Å². The van der Waals surface area contributed by atoms with Gasteiger partial charge in [0.05, 0.1) is 0 Å². The molecule has 1 aromatic rings. The fraction of sp³-hybridized carbons (Fsp3) is 0.600. The van der Waals surface area contributed by atoms with E-state index < -0.39 is 0 Å². The highest BCUT2D eigenvalue weighted by Gasteiger charge is 2.14. The Kier molecular flexibility index (Phi) is 5.73. The van der Waals surface area contributed by atoms with Gasteiger partial charge in [0.1, 0.15) is 11.6 Å². The topological polar surface area (TPSA) is 12.0 Å². The van der Waals surface area contributed by atoms with Gasteiger partial charge in [-0.1, -0.05) is 26.7 Å². The third kappa shape index (κ3) is 3.77. The summed E-state index contributed by atoms with van der Waals surface area (Å²) in [5, 5.41) is 3.28. The Morgan fingerprint density at radius 1 is 1.11 bits per heavy atom. The van der Waals surface area contributed by atoms with E-state index in [1.54, 1.807) is 6.92 Å². The van der Waals surface area contributed by atoms with E-state index in [0.29, 0.717) is 17.0 Å². The van der Waals surface area contributed by atoms with Crippen LogP contribution < -0.4 is 5.32 Å². The molecule has 0 aliphatic carbocycles. The summed E-state index contributed by atoms with van der Waals surface area (Å²) in [5.41, 5.74) is 0.757. The number of benzene rings is 1. The van der Waals surface area contributed by atoms with Crippen LogP contribution in [0.5, 0.6) is 0 Å². The highest BCUT2D eigenvalue weighted by molar-refractivity contribution is 5.27. The Morgan fingerprint density at radius 3 is 2.28 bits per heavy atom. The van der Waals surface area contributed by atoms with Crippen molar-refractivity contribution in [3.05, 3.63) is 34.9 Å². The maximum absolute atomic E-state index is 13.8. The molecule has 0 heterocycles. The molecule has 0 spiro atoms. The van der Waals surface area contributed by atoms with Crippen molar-refractivity contribution in [3.63, 3.8) is 0 Å². The SMILES string of the molecule is CCC(CC)CNC(C)c1cc(F)c(C)cc1F. The quantitative estimate of drug-likeness (QED) is 0.796. The van der Waals surface area contributed by atoms with Crippen LogP contribution in [0.3, 0.4) is 0 Å². The number of halogens is 2. The third-order valence-corrected chi connectivity index (χ3v) is 3.61. The Morgan fingerprint density at radius 2 is 1.72 bits per heavy atom. The lowest BCUT2D eigenvalue weighted by Crippen LogP contribution is -2.26. The Bertz CT molecular complexity index is 386. The minimum Gasteiger partial charge on any atom is -0.310 e. The summed E-state index contributed by atoms with van der Waals surface area (Å²) in [6.07, 6.45) is 2.20. The zero-order valence-electron chi connectivity index (χ0n) is 11.7. The molecular formula is C15H23F2N. The van der Waals surface area contributed by atoms with E-state index in [4.69, 9.17) is 0 Å². The molecule has 1 unspecified atom stereocenters. The first-order chi connectivity index (χ1) is 8.49. The van der Waals surface area contributed by atoms with E-state index in [1.165, 1.54) is 12.1 Å². The van der Waals surface area contributed by atoms with Crippen molar-refractivity contribution in [3.8, 4) is 0 Å². The molecule has 18 heavy (non-hydrogen) atoms. The van der Waals surface area contributed by atoms with Crippen molar-refractivity contribution in [2.45, 2.75) is 46.6 Å². The standard InChI is InChI=1S/C15H23F2N/c1-5-12(6-2)9-18-11(4)13-8-14(16)10(3)7-15(13)17/h7-8,11-12,18H,5-6,9H2,1-4H3. The lowest BCUT2D eigenvalue weighted by atomic mass is 10.0. The molecule has 102 valence electrons. The summed E-state index contributed by atoms with van der Waals surface area (Å²) < 4.78 is 27.2. The molecule has 1 aromatic carbocycles. The molecule has 1 nitrogen and oxygen atoms in total. The zero-order valence-corrected chi connectivity index (χ0v) is 11.7. The summed E-state index contributed by atoms with van der Waals surface area (Å²) in [6, 6.07) is 2.40. The van der Waals surface area contributed by atoms with E-state index in [0.717, 1.165) is 19.4 Å². The van der Waals surface area contributed by atoms with Gasteiger partial charge in [0.15, 0.2) is 0 Å². The van der Waals surface area contributed by atoms with Gasteiger partial charge in [0, 0.05) is 11.6 Å². The van der Waals surface area contributed by atoms with Gasteiger partial charge in [-0.25, -0.2) is 8.78 Å². The minimum atomic E-state index is -0.345.